The highest BCUT2D eigenvalue weighted by Gasteiger charge is 2.48. The molecule has 0 radical (unpaired) electrons. The average molecular weight is 462 g/mol. The van der Waals surface area contributed by atoms with Crippen molar-refractivity contribution in [2.24, 2.45) is 0 Å². The molecular formula is C26H24FN3O2S. The van der Waals surface area contributed by atoms with E-state index in [0.717, 1.165) is 26.9 Å². The number of thiophene rings is 1. The van der Waals surface area contributed by atoms with Crippen LogP contribution in [0.1, 0.15) is 34.1 Å². The number of amides is 2. The van der Waals surface area contributed by atoms with Gasteiger partial charge in [-0.15, -0.1) is 11.3 Å². The first kappa shape index (κ1) is 21.4. The van der Waals surface area contributed by atoms with Gasteiger partial charge < -0.3 is 9.88 Å². The Balaban J connectivity index is 1.56. The van der Waals surface area contributed by atoms with Gasteiger partial charge in [0, 0.05) is 17.6 Å². The summed E-state index contributed by atoms with van der Waals surface area (Å²) < 4.78 is 15.2. The first-order valence-corrected chi connectivity index (χ1v) is 11.7. The zero-order chi connectivity index (χ0) is 23.3. The molecule has 1 unspecified atom stereocenters. The van der Waals surface area contributed by atoms with Crippen molar-refractivity contribution >= 4 is 39.1 Å². The Morgan fingerprint density at radius 2 is 1.85 bits per heavy atom. The fourth-order valence-corrected chi connectivity index (χ4v) is 5.34. The molecular weight excluding hydrogens is 437 g/mol. The highest BCUT2D eigenvalue weighted by atomic mass is 32.1. The van der Waals surface area contributed by atoms with Crippen molar-refractivity contribution in [1.82, 2.24) is 9.88 Å². The van der Waals surface area contributed by atoms with Crippen LogP contribution in [0.2, 0.25) is 0 Å². The van der Waals surface area contributed by atoms with E-state index in [4.69, 9.17) is 0 Å². The van der Waals surface area contributed by atoms with E-state index in [1.54, 1.807) is 28.4 Å². The predicted octanol–water partition coefficient (Wildman–Crippen LogP) is 5.19. The number of carbonyl (C=O) groups is 2. The monoisotopic (exact) mass is 461 g/mol. The van der Waals surface area contributed by atoms with Gasteiger partial charge in [-0.3, -0.25) is 14.5 Å². The summed E-state index contributed by atoms with van der Waals surface area (Å²) in [5.74, 6) is -0.786. The minimum Gasteiger partial charge on any atom is -0.350 e. The number of aromatic nitrogens is 1. The summed E-state index contributed by atoms with van der Waals surface area (Å²) >= 11 is 1.56. The van der Waals surface area contributed by atoms with Crippen LogP contribution in [0.25, 0.3) is 10.2 Å². The first-order valence-electron chi connectivity index (χ1n) is 10.8. The molecule has 1 aliphatic heterocycles. The number of carbonyl (C=O) groups excluding carboxylic acids is 2. The van der Waals surface area contributed by atoms with Crippen molar-refractivity contribution in [3.05, 3.63) is 88.2 Å². The van der Waals surface area contributed by atoms with Crippen LogP contribution in [0.15, 0.2) is 60.0 Å². The molecule has 1 N–H and O–H groups in total. The van der Waals surface area contributed by atoms with Gasteiger partial charge in [0.1, 0.15) is 21.9 Å². The van der Waals surface area contributed by atoms with E-state index in [1.165, 1.54) is 12.1 Å². The number of benzene rings is 2. The average Bonchev–Trinajstić information content (AvgIpc) is 3.38. The van der Waals surface area contributed by atoms with E-state index in [9.17, 15) is 14.0 Å². The summed E-state index contributed by atoms with van der Waals surface area (Å²) in [6.07, 6.45) is 0. The van der Waals surface area contributed by atoms with Gasteiger partial charge >= 0.3 is 0 Å². The lowest BCUT2D eigenvalue weighted by molar-refractivity contribution is -0.126. The van der Waals surface area contributed by atoms with Crippen LogP contribution in [0.3, 0.4) is 0 Å². The molecule has 0 bridgehead atoms. The molecule has 2 aromatic heterocycles. The normalized spacial score (nSPS) is 17.9. The lowest BCUT2D eigenvalue weighted by Gasteiger charge is -2.44. The van der Waals surface area contributed by atoms with E-state index in [2.05, 4.69) is 5.32 Å². The van der Waals surface area contributed by atoms with Crippen LogP contribution in [-0.2, 0) is 17.9 Å². The highest BCUT2D eigenvalue weighted by Crippen LogP contribution is 2.37. The molecule has 3 heterocycles. The van der Waals surface area contributed by atoms with Gasteiger partial charge in [-0.05, 0) is 79.2 Å². The summed E-state index contributed by atoms with van der Waals surface area (Å²) in [4.78, 5) is 30.1. The molecule has 5 nitrogen and oxygen atoms in total. The molecule has 0 saturated carbocycles. The Hall–Kier alpha value is -3.45. The van der Waals surface area contributed by atoms with Gasteiger partial charge in [-0.1, -0.05) is 18.2 Å². The number of rotatable bonds is 4. The van der Waals surface area contributed by atoms with Crippen LogP contribution in [0.4, 0.5) is 10.1 Å². The molecule has 1 aliphatic rings. The van der Waals surface area contributed by atoms with E-state index < -0.39 is 5.54 Å². The maximum atomic E-state index is 13.8. The Morgan fingerprint density at radius 1 is 1.09 bits per heavy atom. The van der Waals surface area contributed by atoms with E-state index in [0.29, 0.717) is 17.9 Å². The minimum absolute atomic E-state index is 0.202. The maximum absolute atomic E-state index is 13.8. The van der Waals surface area contributed by atoms with E-state index >= 15 is 0 Å². The third kappa shape index (κ3) is 3.53. The van der Waals surface area contributed by atoms with Gasteiger partial charge in [0.15, 0.2) is 0 Å². The van der Waals surface area contributed by atoms with Crippen molar-refractivity contribution in [3.63, 3.8) is 0 Å². The summed E-state index contributed by atoms with van der Waals surface area (Å²) in [5, 5.41) is 5.96. The third-order valence-electron chi connectivity index (χ3n) is 6.49. The van der Waals surface area contributed by atoms with Gasteiger partial charge in [-0.2, -0.15) is 0 Å². The maximum Gasteiger partial charge on any atom is 0.275 e. The highest BCUT2D eigenvalue weighted by molar-refractivity contribution is 7.16. The van der Waals surface area contributed by atoms with E-state index in [-0.39, 0.29) is 24.2 Å². The SMILES string of the molecule is Cc1ccc(N2C(=O)c3cc4ccsc4n3CC2(C)C(=O)NCc2ccc(F)cc2)cc1C. The number of nitrogens with zero attached hydrogens (tertiary/aromatic N) is 2. The Morgan fingerprint density at radius 3 is 2.58 bits per heavy atom. The molecule has 168 valence electrons. The zero-order valence-electron chi connectivity index (χ0n) is 18.7. The number of fused-ring (bicyclic) bond motifs is 3. The van der Waals surface area contributed by atoms with Crippen molar-refractivity contribution in [2.75, 3.05) is 4.90 Å². The van der Waals surface area contributed by atoms with Crippen LogP contribution < -0.4 is 10.2 Å². The number of anilines is 1. The molecule has 33 heavy (non-hydrogen) atoms. The molecule has 2 amide bonds. The van der Waals surface area contributed by atoms with Crippen molar-refractivity contribution in [1.29, 1.82) is 0 Å². The second-order valence-corrected chi connectivity index (χ2v) is 9.68. The van der Waals surface area contributed by atoms with Crippen molar-refractivity contribution in [2.45, 2.75) is 39.4 Å². The van der Waals surface area contributed by atoms with Gasteiger partial charge in [-0.25, -0.2) is 4.39 Å². The lowest BCUT2D eigenvalue weighted by Crippen LogP contribution is -2.64. The third-order valence-corrected chi connectivity index (χ3v) is 7.44. The Labute approximate surface area is 195 Å². The first-order chi connectivity index (χ1) is 15.8. The molecule has 1 atom stereocenters. The van der Waals surface area contributed by atoms with Crippen molar-refractivity contribution in [3.8, 4) is 0 Å². The second-order valence-electron chi connectivity index (χ2n) is 8.79. The molecule has 0 saturated heterocycles. The van der Waals surface area contributed by atoms with Gasteiger partial charge in [0.2, 0.25) is 5.91 Å². The summed E-state index contributed by atoms with van der Waals surface area (Å²) in [6, 6.07) is 15.7. The number of nitrogens with one attached hydrogen (secondary N) is 1. The van der Waals surface area contributed by atoms with Crippen LogP contribution in [-0.4, -0.2) is 21.9 Å². The number of aryl methyl sites for hydroxylation is 2. The van der Waals surface area contributed by atoms with Crippen LogP contribution in [0, 0.1) is 19.7 Å². The van der Waals surface area contributed by atoms with Gasteiger partial charge in [0.25, 0.3) is 5.91 Å². The molecule has 4 aromatic rings. The Kier molecular flexibility index (Phi) is 5.09. The molecule has 2 aromatic carbocycles. The quantitative estimate of drug-likeness (QED) is 0.455. The second kappa shape index (κ2) is 7.85. The molecule has 0 fully saturated rings. The summed E-state index contributed by atoms with van der Waals surface area (Å²) in [7, 11) is 0. The number of hydrogen-bond donors (Lipinski definition) is 1. The fourth-order valence-electron chi connectivity index (χ4n) is 4.44. The fraction of sp³-hybridized carbons (Fsp3) is 0.231. The van der Waals surface area contributed by atoms with Crippen LogP contribution >= 0.6 is 11.3 Å². The van der Waals surface area contributed by atoms with Crippen molar-refractivity contribution < 1.29 is 14.0 Å². The number of hydrogen-bond acceptors (Lipinski definition) is 3. The summed E-state index contributed by atoms with van der Waals surface area (Å²) in [6.45, 7) is 6.40. The standard InChI is InChI=1S/C26H24FN3O2S/c1-16-4-9-21(12-17(16)2)30-23(31)22-13-19-10-11-33-24(19)29(22)15-26(30,3)25(32)28-14-18-5-7-20(27)8-6-18/h4-13H,14-15H2,1-3H3,(H,28,32). The molecule has 0 aliphatic carbocycles. The molecule has 0 spiro atoms. The van der Waals surface area contributed by atoms with Gasteiger partial charge in [0.05, 0.1) is 6.54 Å². The van der Waals surface area contributed by atoms with Crippen LogP contribution in [0.5, 0.6) is 0 Å². The molecule has 7 heteroatoms. The predicted molar refractivity (Wildman–Crippen MR) is 129 cm³/mol. The largest absolute Gasteiger partial charge is 0.350 e. The minimum atomic E-state index is -1.15. The van der Waals surface area contributed by atoms with E-state index in [1.807, 2.05) is 61.1 Å². The zero-order valence-corrected chi connectivity index (χ0v) is 19.5. The smallest absolute Gasteiger partial charge is 0.275 e. The Bertz CT molecular complexity index is 1390. The summed E-state index contributed by atoms with van der Waals surface area (Å²) in [5.41, 5.74) is 3.08. The topological polar surface area (TPSA) is 54.3 Å². The lowest BCUT2D eigenvalue weighted by atomic mass is 9.93. The molecule has 5 rings (SSSR count). The number of halogens is 1.